The number of benzene rings is 1. The van der Waals surface area contributed by atoms with Gasteiger partial charge in [0, 0.05) is 6.54 Å². The average molecular weight is 256 g/mol. The number of alkyl halides is 2. The monoisotopic (exact) mass is 256 g/mol. The number of hydrogen-bond donors (Lipinski definition) is 1. The number of ether oxygens (including phenoxy) is 2. The largest absolute Gasteiger partial charge is 0.465 e. The molecule has 0 aliphatic carbocycles. The summed E-state index contributed by atoms with van der Waals surface area (Å²) in [7, 11) is 1.08. The second kappa shape index (κ2) is 5.93. The molecule has 0 heterocycles. The topological polar surface area (TPSA) is 85.3 Å². The number of halogens is 2. The fraction of sp³-hybridized carbons (Fsp3) is 0.273. The van der Waals surface area contributed by atoms with Crippen LogP contribution >= 0.6 is 0 Å². The van der Waals surface area contributed by atoms with E-state index in [0.29, 0.717) is 5.56 Å². The van der Waals surface area contributed by atoms with Gasteiger partial charge in [0.25, 0.3) is 0 Å². The van der Waals surface area contributed by atoms with Gasteiger partial charge in [-0.05, 0) is 17.7 Å². The third-order valence-corrected chi connectivity index (χ3v) is 2.12. The molecule has 2 N–H and O–H groups in total. The third kappa shape index (κ3) is 2.93. The molecule has 0 spiro atoms. The van der Waals surface area contributed by atoms with Crippen LogP contribution in [0.25, 0.3) is 0 Å². The summed E-state index contributed by atoms with van der Waals surface area (Å²) in [6, 6.07) is 4.22. The molecule has 0 aliphatic heterocycles. The molecule has 7 heteroatoms. The van der Waals surface area contributed by atoms with Crippen molar-refractivity contribution in [3.8, 4) is 11.8 Å². The van der Waals surface area contributed by atoms with Crippen molar-refractivity contribution in [3.05, 3.63) is 28.8 Å². The predicted molar refractivity (Wildman–Crippen MR) is 57.0 cm³/mol. The van der Waals surface area contributed by atoms with Crippen LogP contribution in [-0.4, -0.2) is 19.7 Å². The molecular weight excluding hydrogens is 246 g/mol. The number of nitriles is 1. The van der Waals surface area contributed by atoms with Crippen molar-refractivity contribution >= 4 is 5.97 Å². The minimum Gasteiger partial charge on any atom is -0.465 e. The van der Waals surface area contributed by atoms with Crippen LogP contribution in [0.1, 0.15) is 21.5 Å². The summed E-state index contributed by atoms with van der Waals surface area (Å²) in [5, 5.41) is 8.90. The summed E-state index contributed by atoms with van der Waals surface area (Å²) in [6.45, 7) is -3.09. The molecule has 0 aromatic heterocycles. The smallest absolute Gasteiger partial charge is 0.387 e. The summed E-state index contributed by atoms with van der Waals surface area (Å²) >= 11 is 0. The van der Waals surface area contributed by atoms with Gasteiger partial charge >= 0.3 is 12.6 Å². The van der Waals surface area contributed by atoms with E-state index in [4.69, 9.17) is 11.0 Å². The first-order valence-corrected chi connectivity index (χ1v) is 4.83. The zero-order valence-electron chi connectivity index (χ0n) is 9.44. The number of esters is 1. The number of rotatable bonds is 4. The third-order valence-electron chi connectivity index (χ3n) is 2.12. The van der Waals surface area contributed by atoms with Crippen LogP contribution in [0.4, 0.5) is 8.78 Å². The first-order valence-electron chi connectivity index (χ1n) is 4.83. The summed E-state index contributed by atoms with van der Waals surface area (Å²) in [5.41, 5.74) is 5.30. The lowest BCUT2D eigenvalue weighted by Crippen LogP contribution is -2.12. The quantitative estimate of drug-likeness (QED) is 0.823. The van der Waals surface area contributed by atoms with E-state index in [2.05, 4.69) is 9.47 Å². The van der Waals surface area contributed by atoms with Crippen LogP contribution in [0.5, 0.6) is 5.75 Å². The molecular formula is C11H10F2N2O3. The molecule has 96 valence electrons. The van der Waals surface area contributed by atoms with Crippen LogP contribution in [-0.2, 0) is 11.3 Å². The van der Waals surface area contributed by atoms with E-state index < -0.39 is 18.3 Å². The minimum absolute atomic E-state index is 0.0235. The number of nitrogens with zero attached hydrogens (tertiary/aromatic N) is 1. The molecule has 0 fully saturated rings. The summed E-state index contributed by atoms with van der Waals surface area (Å²) in [6.07, 6.45) is 0. The van der Waals surface area contributed by atoms with Crippen molar-refractivity contribution in [2.24, 2.45) is 5.73 Å². The highest BCUT2D eigenvalue weighted by molar-refractivity contribution is 5.95. The van der Waals surface area contributed by atoms with Crippen LogP contribution in [0.2, 0.25) is 0 Å². The molecule has 0 aliphatic rings. The minimum atomic E-state index is -3.12. The van der Waals surface area contributed by atoms with Crippen LogP contribution < -0.4 is 10.5 Å². The Balaban J connectivity index is 3.43. The van der Waals surface area contributed by atoms with E-state index in [9.17, 15) is 13.6 Å². The Kier molecular flexibility index (Phi) is 4.57. The van der Waals surface area contributed by atoms with Crippen molar-refractivity contribution in [1.29, 1.82) is 5.26 Å². The maximum Gasteiger partial charge on any atom is 0.387 e. The first-order chi connectivity index (χ1) is 8.53. The van der Waals surface area contributed by atoms with E-state index >= 15 is 0 Å². The molecule has 1 aromatic carbocycles. The fourth-order valence-corrected chi connectivity index (χ4v) is 1.38. The zero-order chi connectivity index (χ0) is 13.7. The lowest BCUT2D eigenvalue weighted by molar-refractivity contribution is -0.0504. The van der Waals surface area contributed by atoms with E-state index in [1.165, 1.54) is 12.1 Å². The van der Waals surface area contributed by atoms with Crippen LogP contribution in [0.15, 0.2) is 12.1 Å². The van der Waals surface area contributed by atoms with Gasteiger partial charge in [-0.25, -0.2) is 4.79 Å². The summed E-state index contributed by atoms with van der Waals surface area (Å²) in [4.78, 5) is 11.5. The SMILES string of the molecule is COC(=O)c1c(C#N)cc(CN)cc1OC(F)F. The van der Waals surface area contributed by atoms with E-state index in [1.54, 1.807) is 6.07 Å². The Morgan fingerprint density at radius 3 is 2.67 bits per heavy atom. The second-order valence-electron chi connectivity index (χ2n) is 3.20. The normalized spacial score (nSPS) is 10.0. The maximum atomic E-state index is 12.3. The molecule has 5 nitrogen and oxygen atoms in total. The predicted octanol–water partition coefficient (Wildman–Crippen LogP) is 1.40. The molecule has 0 amide bonds. The molecule has 0 bridgehead atoms. The maximum absolute atomic E-state index is 12.3. The molecule has 1 aromatic rings. The van der Waals surface area contributed by atoms with Crippen molar-refractivity contribution in [2.75, 3.05) is 7.11 Å². The van der Waals surface area contributed by atoms with Crippen LogP contribution in [0, 0.1) is 11.3 Å². The Labute approximate surface area is 102 Å². The Hall–Kier alpha value is -2.20. The van der Waals surface area contributed by atoms with E-state index in [-0.39, 0.29) is 17.7 Å². The van der Waals surface area contributed by atoms with Crippen LogP contribution in [0.3, 0.4) is 0 Å². The fourth-order valence-electron chi connectivity index (χ4n) is 1.38. The molecule has 1 rings (SSSR count). The molecule has 0 saturated heterocycles. The molecule has 18 heavy (non-hydrogen) atoms. The molecule has 0 unspecified atom stereocenters. The first kappa shape index (κ1) is 13.9. The standard InChI is InChI=1S/C11H10F2N2O3/c1-17-10(16)9-7(5-15)2-6(4-14)3-8(9)18-11(12)13/h2-3,11H,4,14H2,1H3. The number of nitrogens with two attached hydrogens (primary N) is 1. The Morgan fingerprint density at radius 1 is 1.56 bits per heavy atom. The molecule has 0 radical (unpaired) electrons. The van der Waals surface area contributed by atoms with Gasteiger partial charge in [0.1, 0.15) is 17.4 Å². The van der Waals surface area contributed by atoms with Gasteiger partial charge in [-0.1, -0.05) is 0 Å². The molecule has 0 saturated carbocycles. The van der Waals surface area contributed by atoms with Crippen molar-refractivity contribution < 1.29 is 23.0 Å². The number of carbonyl (C=O) groups excluding carboxylic acids is 1. The van der Waals surface area contributed by atoms with Crippen molar-refractivity contribution in [3.63, 3.8) is 0 Å². The van der Waals surface area contributed by atoms with E-state index in [0.717, 1.165) is 7.11 Å². The number of carbonyl (C=O) groups is 1. The highest BCUT2D eigenvalue weighted by atomic mass is 19.3. The van der Waals surface area contributed by atoms with Gasteiger partial charge in [-0.3, -0.25) is 0 Å². The van der Waals surface area contributed by atoms with Crippen molar-refractivity contribution in [2.45, 2.75) is 13.2 Å². The lowest BCUT2D eigenvalue weighted by atomic mass is 10.0. The summed E-state index contributed by atoms with van der Waals surface area (Å²) in [5.74, 6) is -1.35. The summed E-state index contributed by atoms with van der Waals surface area (Å²) < 4.78 is 33.1. The van der Waals surface area contributed by atoms with Gasteiger partial charge in [0.15, 0.2) is 0 Å². The average Bonchev–Trinajstić information content (AvgIpc) is 2.36. The highest BCUT2D eigenvalue weighted by Crippen LogP contribution is 2.27. The zero-order valence-corrected chi connectivity index (χ0v) is 9.44. The lowest BCUT2D eigenvalue weighted by Gasteiger charge is -2.12. The van der Waals surface area contributed by atoms with Gasteiger partial charge in [0.05, 0.1) is 12.7 Å². The Morgan fingerprint density at radius 2 is 2.22 bits per heavy atom. The molecule has 0 atom stereocenters. The van der Waals surface area contributed by atoms with Gasteiger partial charge in [0.2, 0.25) is 0 Å². The highest BCUT2D eigenvalue weighted by Gasteiger charge is 2.21. The van der Waals surface area contributed by atoms with Gasteiger partial charge in [-0.15, -0.1) is 0 Å². The number of hydrogen-bond acceptors (Lipinski definition) is 5. The Bertz CT molecular complexity index is 498. The van der Waals surface area contributed by atoms with Crippen molar-refractivity contribution in [1.82, 2.24) is 0 Å². The second-order valence-corrected chi connectivity index (χ2v) is 3.20. The van der Waals surface area contributed by atoms with Gasteiger partial charge < -0.3 is 15.2 Å². The van der Waals surface area contributed by atoms with Gasteiger partial charge in [-0.2, -0.15) is 14.0 Å². The number of methoxy groups -OCH3 is 1. The van der Waals surface area contributed by atoms with E-state index in [1.807, 2.05) is 0 Å².